The second-order valence-electron chi connectivity index (χ2n) is 5.69. The molecule has 0 aliphatic heterocycles. The van der Waals surface area contributed by atoms with E-state index < -0.39 is 0 Å². The first-order chi connectivity index (χ1) is 9.28. The summed E-state index contributed by atoms with van der Waals surface area (Å²) in [4.78, 5) is 4.34. The van der Waals surface area contributed by atoms with E-state index >= 15 is 0 Å². The number of aromatic nitrogens is 1. The molecule has 19 heavy (non-hydrogen) atoms. The van der Waals surface area contributed by atoms with Crippen molar-refractivity contribution in [3.05, 3.63) is 23.9 Å². The Hall–Kier alpha value is -1.09. The third kappa shape index (κ3) is 4.83. The first kappa shape index (κ1) is 14.3. The number of nitrogens with zero attached hydrogens (tertiary/aromatic N) is 1. The summed E-state index contributed by atoms with van der Waals surface area (Å²) in [7, 11) is 0. The molecule has 0 bridgehead atoms. The molecule has 106 valence electrons. The van der Waals surface area contributed by atoms with Crippen LogP contribution in [-0.2, 0) is 6.54 Å². The molecule has 0 spiro atoms. The Bertz CT molecular complexity index is 381. The van der Waals surface area contributed by atoms with E-state index in [9.17, 15) is 0 Å². The van der Waals surface area contributed by atoms with Gasteiger partial charge in [0.15, 0.2) is 0 Å². The molecule has 1 aromatic heterocycles. The molecule has 0 aromatic carbocycles. The molecule has 1 saturated carbocycles. The Morgan fingerprint density at radius 2 is 2.32 bits per heavy atom. The van der Waals surface area contributed by atoms with E-state index in [0.29, 0.717) is 6.10 Å². The van der Waals surface area contributed by atoms with Crippen LogP contribution in [0.25, 0.3) is 0 Å². The molecule has 2 atom stereocenters. The highest BCUT2D eigenvalue weighted by Crippen LogP contribution is 2.26. The standard InChI is InChI=1S/C16H26N2O/c1-3-8-17-12-14-7-9-18-16(11-14)19-15-6-4-5-13(2)10-15/h7,9,11,13,15,17H,3-6,8,10,12H2,1-2H3. The highest BCUT2D eigenvalue weighted by molar-refractivity contribution is 5.20. The van der Waals surface area contributed by atoms with Crippen molar-refractivity contribution in [1.29, 1.82) is 0 Å². The van der Waals surface area contributed by atoms with Gasteiger partial charge in [-0.15, -0.1) is 0 Å². The maximum absolute atomic E-state index is 6.03. The van der Waals surface area contributed by atoms with Crippen molar-refractivity contribution >= 4 is 0 Å². The minimum absolute atomic E-state index is 0.357. The summed E-state index contributed by atoms with van der Waals surface area (Å²) in [5.41, 5.74) is 1.25. The molecule has 0 radical (unpaired) electrons. The molecule has 2 rings (SSSR count). The van der Waals surface area contributed by atoms with Gasteiger partial charge in [-0.05, 0) is 49.8 Å². The molecule has 0 saturated heterocycles. The smallest absolute Gasteiger partial charge is 0.213 e. The lowest BCUT2D eigenvalue weighted by Gasteiger charge is -2.27. The molecule has 0 amide bonds. The second kappa shape index (κ2) is 7.49. The average Bonchev–Trinajstić information content (AvgIpc) is 2.39. The van der Waals surface area contributed by atoms with Crippen molar-refractivity contribution in [2.75, 3.05) is 6.54 Å². The molecule has 1 N–H and O–H groups in total. The Kier molecular flexibility index (Phi) is 5.64. The van der Waals surface area contributed by atoms with Gasteiger partial charge in [0.25, 0.3) is 0 Å². The van der Waals surface area contributed by atoms with Crippen LogP contribution in [0.3, 0.4) is 0 Å². The van der Waals surface area contributed by atoms with Crippen LogP contribution >= 0.6 is 0 Å². The summed E-state index contributed by atoms with van der Waals surface area (Å²) in [6, 6.07) is 4.13. The average molecular weight is 262 g/mol. The lowest BCUT2D eigenvalue weighted by Crippen LogP contribution is -2.24. The monoisotopic (exact) mass is 262 g/mol. The molecule has 1 aromatic rings. The van der Waals surface area contributed by atoms with Crippen molar-refractivity contribution in [2.24, 2.45) is 5.92 Å². The summed E-state index contributed by atoms with van der Waals surface area (Å²) in [6.45, 7) is 6.44. The van der Waals surface area contributed by atoms with Gasteiger partial charge in [0.2, 0.25) is 5.88 Å². The van der Waals surface area contributed by atoms with Crippen LogP contribution in [0.4, 0.5) is 0 Å². The zero-order chi connectivity index (χ0) is 13.5. The van der Waals surface area contributed by atoms with Crippen molar-refractivity contribution in [3.8, 4) is 5.88 Å². The molecular weight excluding hydrogens is 236 g/mol. The van der Waals surface area contributed by atoms with E-state index in [2.05, 4.69) is 36.3 Å². The number of rotatable bonds is 6. The normalized spacial score (nSPS) is 23.3. The van der Waals surface area contributed by atoms with Gasteiger partial charge in [0, 0.05) is 18.8 Å². The Labute approximate surface area is 116 Å². The van der Waals surface area contributed by atoms with Gasteiger partial charge in [-0.2, -0.15) is 0 Å². The SMILES string of the molecule is CCCNCc1ccnc(OC2CCCC(C)C2)c1. The third-order valence-corrected chi connectivity index (χ3v) is 3.73. The molecule has 1 heterocycles. The topological polar surface area (TPSA) is 34.2 Å². The van der Waals surface area contributed by atoms with Crippen LogP contribution in [0.1, 0.15) is 51.5 Å². The molecular formula is C16H26N2O. The number of nitrogens with one attached hydrogen (secondary N) is 1. The van der Waals surface area contributed by atoms with E-state index in [1.54, 1.807) is 0 Å². The van der Waals surface area contributed by atoms with Crippen LogP contribution in [0.15, 0.2) is 18.3 Å². The first-order valence-electron chi connectivity index (χ1n) is 7.60. The molecule has 3 nitrogen and oxygen atoms in total. The zero-order valence-electron chi connectivity index (χ0n) is 12.2. The number of ether oxygens (including phenoxy) is 1. The highest BCUT2D eigenvalue weighted by atomic mass is 16.5. The van der Waals surface area contributed by atoms with E-state index in [1.807, 2.05) is 6.20 Å². The number of hydrogen-bond acceptors (Lipinski definition) is 3. The molecule has 1 aliphatic rings. The summed E-state index contributed by atoms with van der Waals surface area (Å²) in [5, 5.41) is 3.41. The van der Waals surface area contributed by atoms with Gasteiger partial charge in [-0.25, -0.2) is 4.98 Å². The fourth-order valence-corrected chi connectivity index (χ4v) is 2.69. The van der Waals surface area contributed by atoms with Gasteiger partial charge in [-0.1, -0.05) is 20.3 Å². The summed E-state index contributed by atoms with van der Waals surface area (Å²) in [6.07, 6.45) is 8.33. The largest absolute Gasteiger partial charge is 0.474 e. The minimum Gasteiger partial charge on any atom is -0.474 e. The van der Waals surface area contributed by atoms with Gasteiger partial charge < -0.3 is 10.1 Å². The van der Waals surface area contributed by atoms with Crippen molar-refractivity contribution in [1.82, 2.24) is 10.3 Å². The molecule has 1 aliphatic carbocycles. The lowest BCUT2D eigenvalue weighted by molar-refractivity contribution is 0.124. The zero-order valence-corrected chi connectivity index (χ0v) is 12.2. The van der Waals surface area contributed by atoms with Crippen LogP contribution in [0.2, 0.25) is 0 Å². The summed E-state index contributed by atoms with van der Waals surface area (Å²) < 4.78 is 6.03. The number of pyridine rings is 1. The Morgan fingerprint density at radius 1 is 1.42 bits per heavy atom. The van der Waals surface area contributed by atoms with Crippen molar-refractivity contribution < 1.29 is 4.74 Å². The Balaban J connectivity index is 1.87. The quantitative estimate of drug-likeness (QED) is 0.796. The third-order valence-electron chi connectivity index (χ3n) is 3.73. The fraction of sp³-hybridized carbons (Fsp3) is 0.688. The maximum atomic E-state index is 6.03. The van der Waals surface area contributed by atoms with Crippen LogP contribution in [-0.4, -0.2) is 17.6 Å². The first-order valence-corrected chi connectivity index (χ1v) is 7.60. The van der Waals surface area contributed by atoms with Gasteiger partial charge in [-0.3, -0.25) is 0 Å². The van der Waals surface area contributed by atoms with E-state index in [-0.39, 0.29) is 0 Å². The predicted molar refractivity (Wildman–Crippen MR) is 78.3 cm³/mol. The molecule has 2 unspecified atom stereocenters. The molecule has 3 heteroatoms. The molecule has 1 fully saturated rings. The summed E-state index contributed by atoms with van der Waals surface area (Å²) in [5.74, 6) is 1.57. The maximum Gasteiger partial charge on any atom is 0.213 e. The predicted octanol–water partition coefficient (Wildman–Crippen LogP) is 3.54. The van der Waals surface area contributed by atoms with E-state index in [1.165, 1.54) is 31.2 Å². The second-order valence-corrected chi connectivity index (χ2v) is 5.69. The summed E-state index contributed by atoms with van der Waals surface area (Å²) >= 11 is 0. The van der Waals surface area contributed by atoms with Crippen LogP contribution in [0.5, 0.6) is 5.88 Å². The lowest BCUT2D eigenvalue weighted by atomic mass is 9.89. The van der Waals surface area contributed by atoms with Crippen LogP contribution in [0, 0.1) is 5.92 Å². The minimum atomic E-state index is 0.357. The van der Waals surface area contributed by atoms with Gasteiger partial charge >= 0.3 is 0 Å². The van der Waals surface area contributed by atoms with Gasteiger partial charge in [0.05, 0.1) is 0 Å². The fourth-order valence-electron chi connectivity index (χ4n) is 2.69. The number of hydrogen-bond donors (Lipinski definition) is 1. The van der Waals surface area contributed by atoms with E-state index in [0.717, 1.165) is 31.3 Å². The van der Waals surface area contributed by atoms with Gasteiger partial charge in [0.1, 0.15) is 6.10 Å². The Morgan fingerprint density at radius 3 is 3.11 bits per heavy atom. The van der Waals surface area contributed by atoms with Crippen LogP contribution < -0.4 is 10.1 Å². The highest BCUT2D eigenvalue weighted by Gasteiger charge is 2.20. The van der Waals surface area contributed by atoms with E-state index in [4.69, 9.17) is 4.74 Å². The van der Waals surface area contributed by atoms with Crippen molar-refractivity contribution in [2.45, 2.75) is 58.6 Å². The van der Waals surface area contributed by atoms with Crippen molar-refractivity contribution in [3.63, 3.8) is 0 Å².